The number of rotatable bonds is 7. The van der Waals surface area contributed by atoms with Gasteiger partial charge in [-0.3, -0.25) is 9.59 Å². The Hall–Kier alpha value is -3.17. The van der Waals surface area contributed by atoms with Gasteiger partial charge in [0.15, 0.2) is 11.0 Å². The van der Waals surface area contributed by atoms with Crippen LogP contribution < -0.4 is 5.32 Å². The van der Waals surface area contributed by atoms with Crippen LogP contribution in [0.3, 0.4) is 0 Å². The molecule has 2 N–H and O–H groups in total. The molecule has 1 aromatic carbocycles. The lowest BCUT2D eigenvalue weighted by Gasteiger charge is -2.37. The number of likely N-dealkylation sites (tertiary alicyclic amines) is 1. The molecule has 0 saturated carbocycles. The second-order valence-corrected chi connectivity index (χ2v) is 7.94. The molecule has 2 amide bonds. The van der Waals surface area contributed by atoms with Crippen molar-refractivity contribution in [1.82, 2.24) is 20.2 Å². The Labute approximate surface area is 197 Å². The fourth-order valence-electron chi connectivity index (χ4n) is 3.61. The van der Waals surface area contributed by atoms with Crippen molar-refractivity contribution in [2.24, 2.45) is 0 Å². The number of nitrogens with one attached hydrogen (secondary N) is 2. The first kappa shape index (κ1) is 24.5. The van der Waals surface area contributed by atoms with Gasteiger partial charge >= 0.3 is 5.97 Å². The minimum atomic E-state index is -0.414. The number of aryl methyl sites for hydroxylation is 1. The standard InChI is InChI=1S/C23H27ClN4O5/c1-4-16-20(24)27-21(25-16)22(30)26-17-11-12-28(13-18(17)32-2)19(29)10-7-14-5-8-15(9-6-14)23(31)33-3/h5-10,17-18H,4,11-13H2,1-3H3,(H,25,27)(H,26,30)/t17-,18+/m1/s1. The number of hydrogen-bond acceptors (Lipinski definition) is 6. The molecule has 1 aliphatic heterocycles. The SMILES string of the molecule is CCc1[nH]c(C(=O)N[C@@H]2CCN(C(=O)C=Cc3ccc(C(=O)OC)cc3)C[C@@H]2OC)nc1Cl. The molecule has 0 bridgehead atoms. The highest BCUT2D eigenvalue weighted by molar-refractivity contribution is 6.30. The van der Waals surface area contributed by atoms with Gasteiger partial charge in [0.1, 0.15) is 0 Å². The maximum Gasteiger partial charge on any atom is 0.337 e. The lowest BCUT2D eigenvalue weighted by atomic mass is 10.0. The number of imidazole rings is 1. The number of aromatic amines is 1. The smallest absolute Gasteiger partial charge is 0.337 e. The van der Waals surface area contributed by atoms with Gasteiger partial charge in [-0.05, 0) is 36.6 Å². The summed E-state index contributed by atoms with van der Waals surface area (Å²) in [5.74, 6) is -0.780. The number of aromatic nitrogens is 2. The highest BCUT2D eigenvalue weighted by atomic mass is 35.5. The summed E-state index contributed by atoms with van der Waals surface area (Å²) in [6.07, 6.45) is 3.98. The Morgan fingerprint density at radius 3 is 2.61 bits per heavy atom. The number of hydrogen-bond donors (Lipinski definition) is 2. The van der Waals surface area contributed by atoms with Crippen molar-refractivity contribution in [3.05, 3.63) is 58.1 Å². The molecule has 176 valence electrons. The molecular weight excluding hydrogens is 448 g/mol. The molecule has 1 aromatic heterocycles. The minimum absolute atomic E-state index is 0.159. The quantitative estimate of drug-likeness (QED) is 0.470. The van der Waals surface area contributed by atoms with Gasteiger partial charge in [0.05, 0.1) is 30.5 Å². The zero-order valence-electron chi connectivity index (χ0n) is 18.8. The molecule has 0 unspecified atom stereocenters. The number of halogens is 1. The highest BCUT2D eigenvalue weighted by Gasteiger charge is 2.32. The molecule has 2 aromatic rings. The zero-order chi connectivity index (χ0) is 24.0. The van der Waals surface area contributed by atoms with Crippen molar-refractivity contribution in [3.8, 4) is 0 Å². The normalized spacial score (nSPS) is 18.4. The van der Waals surface area contributed by atoms with Crippen LogP contribution in [-0.4, -0.2) is 72.1 Å². The average molecular weight is 475 g/mol. The van der Waals surface area contributed by atoms with Crippen molar-refractivity contribution >= 4 is 35.5 Å². The maximum atomic E-state index is 12.7. The summed E-state index contributed by atoms with van der Waals surface area (Å²) in [5, 5.41) is 3.22. The van der Waals surface area contributed by atoms with Gasteiger partial charge in [-0.2, -0.15) is 0 Å². The van der Waals surface area contributed by atoms with Crippen LogP contribution in [0.25, 0.3) is 6.08 Å². The van der Waals surface area contributed by atoms with Crippen LogP contribution >= 0.6 is 11.6 Å². The molecule has 1 fully saturated rings. The van der Waals surface area contributed by atoms with E-state index < -0.39 is 5.97 Å². The third kappa shape index (κ3) is 6.00. The Balaban J connectivity index is 1.57. The molecule has 3 rings (SSSR count). The number of esters is 1. The number of nitrogens with zero attached hydrogens (tertiary/aromatic N) is 2. The van der Waals surface area contributed by atoms with Crippen LogP contribution in [0.4, 0.5) is 0 Å². The van der Waals surface area contributed by atoms with E-state index in [4.69, 9.17) is 16.3 Å². The fourth-order valence-corrected chi connectivity index (χ4v) is 3.87. The van der Waals surface area contributed by atoms with Crippen molar-refractivity contribution in [1.29, 1.82) is 0 Å². The Morgan fingerprint density at radius 2 is 2.00 bits per heavy atom. The third-order valence-corrected chi connectivity index (χ3v) is 5.85. The molecule has 1 saturated heterocycles. The number of benzene rings is 1. The summed E-state index contributed by atoms with van der Waals surface area (Å²) in [5.41, 5.74) is 1.93. The molecule has 0 radical (unpaired) electrons. The highest BCUT2D eigenvalue weighted by Crippen LogP contribution is 2.17. The number of piperidine rings is 1. The lowest BCUT2D eigenvalue weighted by Crippen LogP contribution is -2.55. The summed E-state index contributed by atoms with van der Waals surface area (Å²) in [6.45, 7) is 2.72. The molecule has 1 aliphatic rings. The molecule has 2 atom stereocenters. The van der Waals surface area contributed by atoms with Gasteiger partial charge in [-0.1, -0.05) is 30.7 Å². The summed E-state index contributed by atoms with van der Waals surface area (Å²) in [4.78, 5) is 45.4. The van der Waals surface area contributed by atoms with Crippen molar-refractivity contribution < 1.29 is 23.9 Å². The van der Waals surface area contributed by atoms with Gasteiger partial charge in [0, 0.05) is 26.3 Å². The van der Waals surface area contributed by atoms with Crippen LogP contribution in [-0.2, 0) is 20.7 Å². The third-order valence-electron chi connectivity index (χ3n) is 5.54. The van der Waals surface area contributed by atoms with Gasteiger partial charge in [-0.25, -0.2) is 9.78 Å². The summed E-state index contributed by atoms with van der Waals surface area (Å²) in [6, 6.07) is 6.48. The number of carbonyl (C=O) groups is 3. The molecule has 10 heteroatoms. The Kier molecular flexibility index (Phi) is 8.24. The lowest BCUT2D eigenvalue weighted by molar-refractivity contribution is -0.130. The predicted molar refractivity (Wildman–Crippen MR) is 123 cm³/mol. The number of amides is 2. The van der Waals surface area contributed by atoms with E-state index in [0.717, 1.165) is 5.56 Å². The molecule has 9 nitrogen and oxygen atoms in total. The zero-order valence-corrected chi connectivity index (χ0v) is 19.5. The van der Waals surface area contributed by atoms with Gasteiger partial charge < -0.3 is 24.7 Å². The van der Waals surface area contributed by atoms with Crippen LogP contribution in [0, 0.1) is 0 Å². The second-order valence-electron chi connectivity index (χ2n) is 7.58. The first-order valence-corrected chi connectivity index (χ1v) is 11.0. The van der Waals surface area contributed by atoms with Gasteiger partial charge in [0.25, 0.3) is 5.91 Å². The summed E-state index contributed by atoms with van der Waals surface area (Å²) in [7, 11) is 2.88. The van der Waals surface area contributed by atoms with Crippen LogP contribution in [0.5, 0.6) is 0 Å². The number of ether oxygens (including phenoxy) is 2. The number of H-pyrrole nitrogens is 1. The van der Waals surface area contributed by atoms with E-state index in [2.05, 4.69) is 20.0 Å². The maximum absolute atomic E-state index is 12.7. The van der Waals surface area contributed by atoms with Crippen molar-refractivity contribution in [2.45, 2.75) is 31.9 Å². The van der Waals surface area contributed by atoms with E-state index in [-0.39, 0.29) is 34.9 Å². The van der Waals surface area contributed by atoms with Crippen molar-refractivity contribution in [3.63, 3.8) is 0 Å². The topological polar surface area (TPSA) is 114 Å². The van der Waals surface area contributed by atoms with E-state index in [1.165, 1.54) is 13.2 Å². The Bertz CT molecular complexity index is 1030. The monoisotopic (exact) mass is 474 g/mol. The summed E-state index contributed by atoms with van der Waals surface area (Å²) < 4.78 is 10.2. The van der Waals surface area contributed by atoms with E-state index >= 15 is 0 Å². The molecule has 2 heterocycles. The Morgan fingerprint density at radius 1 is 1.27 bits per heavy atom. The first-order chi connectivity index (χ1) is 15.9. The van der Waals surface area contributed by atoms with E-state index in [1.54, 1.807) is 42.4 Å². The second kappa shape index (κ2) is 11.1. The van der Waals surface area contributed by atoms with Crippen LogP contribution in [0.15, 0.2) is 30.3 Å². The van der Waals surface area contributed by atoms with E-state index in [0.29, 0.717) is 37.2 Å². The summed E-state index contributed by atoms with van der Waals surface area (Å²) >= 11 is 6.03. The van der Waals surface area contributed by atoms with Gasteiger partial charge in [-0.15, -0.1) is 0 Å². The van der Waals surface area contributed by atoms with E-state index in [9.17, 15) is 14.4 Å². The minimum Gasteiger partial charge on any atom is -0.465 e. The average Bonchev–Trinajstić information content (AvgIpc) is 3.23. The molecule has 0 spiro atoms. The van der Waals surface area contributed by atoms with Crippen LogP contribution in [0.2, 0.25) is 5.15 Å². The number of carbonyl (C=O) groups excluding carboxylic acids is 3. The van der Waals surface area contributed by atoms with Crippen LogP contribution in [0.1, 0.15) is 45.6 Å². The predicted octanol–water partition coefficient (Wildman–Crippen LogP) is 2.47. The van der Waals surface area contributed by atoms with E-state index in [1.807, 2.05) is 6.92 Å². The first-order valence-electron chi connectivity index (χ1n) is 10.6. The largest absolute Gasteiger partial charge is 0.465 e. The molecule has 0 aliphatic carbocycles. The molecule has 33 heavy (non-hydrogen) atoms. The fraction of sp³-hybridized carbons (Fsp3) is 0.391. The van der Waals surface area contributed by atoms with Gasteiger partial charge in [0.2, 0.25) is 5.91 Å². The number of methoxy groups -OCH3 is 2. The molecular formula is C23H27ClN4O5. The van der Waals surface area contributed by atoms with Crippen molar-refractivity contribution in [2.75, 3.05) is 27.3 Å².